The van der Waals surface area contributed by atoms with Gasteiger partial charge in [0.05, 0.1) is 12.2 Å². The van der Waals surface area contributed by atoms with Gasteiger partial charge in [-0.05, 0) is 32.8 Å². The normalized spacial score (nSPS) is 20.1. The van der Waals surface area contributed by atoms with E-state index in [-0.39, 0.29) is 23.8 Å². The average molecular weight is 349 g/mol. The molecule has 1 aliphatic heterocycles. The third-order valence-electron chi connectivity index (χ3n) is 4.01. The molecule has 0 aliphatic carbocycles. The van der Waals surface area contributed by atoms with E-state index in [1.165, 1.54) is 10.9 Å². The van der Waals surface area contributed by atoms with Gasteiger partial charge in [0.15, 0.2) is 0 Å². The van der Waals surface area contributed by atoms with E-state index < -0.39 is 24.0 Å². The average Bonchev–Trinajstić information content (AvgIpc) is 2.97. The van der Waals surface area contributed by atoms with Gasteiger partial charge in [-0.15, -0.1) is 0 Å². The van der Waals surface area contributed by atoms with Crippen LogP contribution in [-0.2, 0) is 4.74 Å². The Balaban J connectivity index is 1.97. The summed E-state index contributed by atoms with van der Waals surface area (Å²) in [6, 6.07) is 7.90. The molecule has 0 fully saturated rings. The van der Waals surface area contributed by atoms with Crippen LogP contribution >= 0.6 is 0 Å². The second kappa shape index (κ2) is 6.46. The number of nitrogens with zero attached hydrogens (tertiary/aromatic N) is 2. The van der Waals surface area contributed by atoms with Crippen LogP contribution in [0.1, 0.15) is 55.2 Å². The Morgan fingerprint density at radius 2 is 2.00 bits per heavy atom. The Labute approximate surface area is 145 Å². The molecule has 2 atom stereocenters. The van der Waals surface area contributed by atoms with Crippen molar-refractivity contribution in [1.29, 1.82) is 0 Å². The molecule has 1 aromatic carbocycles. The molecule has 7 heteroatoms. The molecule has 3 rings (SSSR count). The van der Waals surface area contributed by atoms with Crippen molar-refractivity contribution in [3.63, 3.8) is 0 Å². The predicted molar refractivity (Wildman–Crippen MR) is 89.9 cm³/mol. The van der Waals surface area contributed by atoms with E-state index in [9.17, 15) is 13.6 Å². The van der Waals surface area contributed by atoms with Crippen LogP contribution < -0.4 is 5.32 Å². The lowest BCUT2D eigenvalue weighted by atomic mass is 9.97. The summed E-state index contributed by atoms with van der Waals surface area (Å²) in [5.74, 6) is -0.303. The van der Waals surface area contributed by atoms with Crippen LogP contribution in [0, 0.1) is 0 Å². The Bertz CT molecular complexity index is 753. The van der Waals surface area contributed by atoms with Gasteiger partial charge < -0.3 is 10.1 Å². The number of carbonyl (C=O) groups is 1. The number of nitrogens with one attached hydrogen (secondary N) is 1. The number of fused-ring (bicyclic) bond motifs is 1. The highest BCUT2D eigenvalue weighted by Crippen LogP contribution is 2.39. The van der Waals surface area contributed by atoms with Crippen LogP contribution in [0.2, 0.25) is 0 Å². The predicted octanol–water partition coefficient (Wildman–Crippen LogP) is 4.20. The van der Waals surface area contributed by atoms with Crippen molar-refractivity contribution in [1.82, 2.24) is 9.78 Å². The molecule has 1 aliphatic rings. The van der Waals surface area contributed by atoms with Gasteiger partial charge >= 0.3 is 5.97 Å². The molecule has 1 N–H and O–H groups in total. The van der Waals surface area contributed by atoms with E-state index in [4.69, 9.17) is 4.74 Å². The van der Waals surface area contributed by atoms with Gasteiger partial charge in [0.1, 0.15) is 23.0 Å². The summed E-state index contributed by atoms with van der Waals surface area (Å²) >= 11 is 0. The maximum absolute atomic E-state index is 13.6. The molecule has 0 saturated carbocycles. The molecular formula is C18H21F2N3O2. The Morgan fingerprint density at radius 1 is 1.32 bits per heavy atom. The zero-order chi connectivity index (χ0) is 18.2. The van der Waals surface area contributed by atoms with Gasteiger partial charge in [-0.3, -0.25) is 0 Å². The third-order valence-corrected chi connectivity index (χ3v) is 4.01. The Morgan fingerprint density at radius 3 is 2.60 bits per heavy atom. The minimum atomic E-state index is -2.58. The highest BCUT2D eigenvalue weighted by Gasteiger charge is 2.37. The van der Waals surface area contributed by atoms with E-state index in [1.807, 2.05) is 30.3 Å². The van der Waals surface area contributed by atoms with Crippen LogP contribution in [0.15, 0.2) is 36.5 Å². The fourth-order valence-corrected chi connectivity index (χ4v) is 2.92. The first-order valence-electron chi connectivity index (χ1n) is 8.17. The van der Waals surface area contributed by atoms with E-state index in [2.05, 4.69) is 10.4 Å². The quantitative estimate of drug-likeness (QED) is 0.844. The van der Waals surface area contributed by atoms with Crippen molar-refractivity contribution >= 4 is 11.8 Å². The number of alkyl halides is 2. The van der Waals surface area contributed by atoms with Crippen LogP contribution in [0.3, 0.4) is 0 Å². The van der Waals surface area contributed by atoms with E-state index >= 15 is 0 Å². The van der Waals surface area contributed by atoms with Gasteiger partial charge in [-0.2, -0.15) is 5.10 Å². The van der Waals surface area contributed by atoms with Gasteiger partial charge in [0.2, 0.25) is 0 Å². The first-order chi connectivity index (χ1) is 11.8. The number of hydrogen-bond donors (Lipinski definition) is 1. The molecular weight excluding hydrogens is 328 g/mol. The number of ether oxygens (including phenoxy) is 1. The number of aromatic nitrogens is 2. The maximum Gasteiger partial charge on any atom is 0.344 e. The Kier molecular flexibility index (Phi) is 4.49. The zero-order valence-electron chi connectivity index (χ0n) is 14.4. The summed E-state index contributed by atoms with van der Waals surface area (Å²) in [4.78, 5) is 12.4. The molecule has 0 bridgehead atoms. The smallest absolute Gasteiger partial charge is 0.344 e. The largest absolute Gasteiger partial charge is 0.456 e. The van der Waals surface area contributed by atoms with Crippen molar-refractivity contribution in [3.8, 4) is 0 Å². The highest BCUT2D eigenvalue weighted by atomic mass is 19.3. The number of rotatable bonds is 3. The molecule has 0 amide bonds. The minimum Gasteiger partial charge on any atom is -0.456 e. The number of hydrogen-bond acceptors (Lipinski definition) is 4. The Hall–Kier alpha value is -2.44. The molecule has 2 heterocycles. The fourth-order valence-electron chi connectivity index (χ4n) is 2.92. The molecule has 25 heavy (non-hydrogen) atoms. The first-order valence-corrected chi connectivity index (χ1v) is 8.17. The summed E-state index contributed by atoms with van der Waals surface area (Å²) < 4.78 is 33.7. The van der Waals surface area contributed by atoms with Gasteiger partial charge in [-0.25, -0.2) is 18.3 Å². The monoisotopic (exact) mass is 349 g/mol. The lowest BCUT2D eigenvalue weighted by molar-refractivity contribution is 0.00693. The van der Waals surface area contributed by atoms with E-state index in [0.29, 0.717) is 0 Å². The third kappa shape index (κ3) is 3.65. The highest BCUT2D eigenvalue weighted by molar-refractivity contribution is 5.95. The molecule has 2 unspecified atom stereocenters. The number of esters is 1. The second-order valence-electron chi connectivity index (χ2n) is 7.10. The van der Waals surface area contributed by atoms with Crippen LogP contribution in [0.4, 0.5) is 14.6 Å². The molecule has 2 aromatic rings. The van der Waals surface area contributed by atoms with Crippen LogP contribution in [-0.4, -0.2) is 27.8 Å². The van der Waals surface area contributed by atoms with Crippen LogP contribution in [0.5, 0.6) is 0 Å². The maximum atomic E-state index is 13.6. The number of anilines is 1. The van der Waals surface area contributed by atoms with Crippen molar-refractivity contribution in [3.05, 3.63) is 47.7 Å². The number of benzene rings is 1. The van der Waals surface area contributed by atoms with E-state index in [0.717, 1.165) is 5.56 Å². The van der Waals surface area contributed by atoms with Crippen molar-refractivity contribution in [2.24, 2.45) is 0 Å². The van der Waals surface area contributed by atoms with Gasteiger partial charge in [0, 0.05) is 0 Å². The standard InChI is InChI=1S/C18H21F2N3O2/c1-18(2,3)25-17(24)12-10-21-23-14(15(19)20)9-13(22-16(12)23)11-7-5-4-6-8-11/h4-8,10,13-15,22H,9H2,1-3H3. The molecule has 1 aromatic heterocycles. The SMILES string of the molecule is CC(C)(C)OC(=O)c1cnn2c1NC(c1ccccc1)CC2C(F)F. The van der Waals surface area contributed by atoms with E-state index in [1.54, 1.807) is 20.8 Å². The number of carbonyl (C=O) groups excluding carboxylic acids is 1. The van der Waals surface area contributed by atoms with Crippen molar-refractivity contribution < 1.29 is 18.3 Å². The molecule has 0 spiro atoms. The summed E-state index contributed by atoms with van der Waals surface area (Å²) in [5, 5.41) is 7.19. The zero-order valence-corrected chi connectivity index (χ0v) is 14.4. The van der Waals surface area contributed by atoms with Gasteiger partial charge in [0.25, 0.3) is 6.43 Å². The second-order valence-corrected chi connectivity index (χ2v) is 7.10. The summed E-state index contributed by atoms with van der Waals surface area (Å²) in [6.45, 7) is 5.26. The number of halogens is 2. The summed E-state index contributed by atoms with van der Waals surface area (Å²) in [5.41, 5.74) is 0.374. The summed E-state index contributed by atoms with van der Waals surface area (Å²) in [7, 11) is 0. The first kappa shape index (κ1) is 17.4. The molecule has 5 nitrogen and oxygen atoms in total. The fraction of sp³-hybridized carbons (Fsp3) is 0.444. The lowest BCUT2D eigenvalue weighted by Gasteiger charge is -2.32. The topological polar surface area (TPSA) is 56.1 Å². The van der Waals surface area contributed by atoms with Crippen molar-refractivity contribution in [2.45, 2.75) is 51.3 Å². The van der Waals surface area contributed by atoms with Gasteiger partial charge in [-0.1, -0.05) is 30.3 Å². The molecule has 134 valence electrons. The molecule has 0 saturated heterocycles. The minimum absolute atomic E-state index is 0.168. The van der Waals surface area contributed by atoms with Crippen molar-refractivity contribution in [2.75, 3.05) is 5.32 Å². The van der Waals surface area contributed by atoms with Crippen LogP contribution in [0.25, 0.3) is 0 Å². The summed E-state index contributed by atoms with van der Waals surface area (Å²) in [6.07, 6.45) is -1.11. The lowest BCUT2D eigenvalue weighted by Crippen LogP contribution is -2.32. The molecule has 0 radical (unpaired) electrons.